The summed E-state index contributed by atoms with van der Waals surface area (Å²) in [6.07, 6.45) is 0. The average Bonchev–Trinajstić information content (AvgIpc) is 2.08. The predicted octanol–water partition coefficient (Wildman–Crippen LogP) is 2.82. The fourth-order valence-corrected chi connectivity index (χ4v) is 0.534. The highest BCUT2D eigenvalue weighted by Crippen LogP contribution is 1.87. The molecule has 68 valence electrons. The molecule has 2 heteroatoms. The van der Waals surface area contributed by atoms with Gasteiger partial charge in [0, 0.05) is 0 Å². The van der Waals surface area contributed by atoms with E-state index < -0.39 is 0 Å². The van der Waals surface area contributed by atoms with Crippen LogP contribution in [-0.2, 0) is 4.89 Å². The normalized spacial score (nSPS) is 9.00. The van der Waals surface area contributed by atoms with Crippen LogP contribution in [0.5, 0.6) is 0 Å². The quantitative estimate of drug-likeness (QED) is 0.543. The van der Waals surface area contributed by atoms with Crippen molar-refractivity contribution in [1.82, 2.24) is 0 Å². The van der Waals surface area contributed by atoms with Gasteiger partial charge in [0.15, 0.2) is 0 Å². The Balaban J connectivity index is 0.000000202. The first kappa shape index (κ1) is 11.1. The van der Waals surface area contributed by atoms with E-state index in [1.165, 1.54) is 0 Å². The Bertz CT molecular complexity index is 134. The highest BCUT2D eigenvalue weighted by molar-refractivity contribution is 4.99. The molecule has 0 saturated heterocycles. The molecule has 0 spiro atoms. The zero-order valence-electron chi connectivity index (χ0n) is 7.60. The maximum absolute atomic E-state index is 7.74. The van der Waals surface area contributed by atoms with E-state index in [0.717, 1.165) is 0 Å². The summed E-state index contributed by atoms with van der Waals surface area (Å²) < 4.78 is 0. The van der Waals surface area contributed by atoms with Crippen LogP contribution < -0.4 is 0 Å². The standard InChI is InChI=1S/C6H6.C4H10O2/c1-2-4-6-5-3-1;1-4(2)3-6-5/h1-6H;4-5H,3H2,1-2H3. The number of benzene rings is 1. The molecule has 0 atom stereocenters. The average molecular weight is 168 g/mol. The molecule has 12 heavy (non-hydrogen) atoms. The van der Waals surface area contributed by atoms with E-state index in [4.69, 9.17) is 5.26 Å². The molecule has 0 bridgehead atoms. The first-order valence-electron chi connectivity index (χ1n) is 4.03. The van der Waals surface area contributed by atoms with E-state index in [-0.39, 0.29) is 0 Å². The summed E-state index contributed by atoms with van der Waals surface area (Å²) >= 11 is 0. The minimum Gasteiger partial charge on any atom is -0.252 e. The van der Waals surface area contributed by atoms with Crippen LogP contribution in [0.1, 0.15) is 13.8 Å². The van der Waals surface area contributed by atoms with E-state index in [2.05, 4.69) is 4.89 Å². The zero-order chi connectivity index (χ0) is 9.23. The third kappa shape index (κ3) is 9.14. The molecule has 0 saturated carbocycles. The number of hydrogen-bond acceptors (Lipinski definition) is 2. The largest absolute Gasteiger partial charge is 0.252 e. The van der Waals surface area contributed by atoms with Gasteiger partial charge in [0.25, 0.3) is 0 Å². The van der Waals surface area contributed by atoms with Crippen molar-refractivity contribution in [3.63, 3.8) is 0 Å². The second-order valence-electron chi connectivity index (χ2n) is 2.84. The van der Waals surface area contributed by atoms with Crippen molar-refractivity contribution in [2.24, 2.45) is 5.92 Å². The Kier molecular flexibility index (Phi) is 7.65. The minimum absolute atomic E-state index is 0.426. The van der Waals surface area contributed by atoms with Crippen molar-refractivity contribution >= 4 is 0 Å². The number of hydrogen-bond donors (Lipinski definition) is 1. The van der Waals surface area contributed by atoms with Gasteiger partial charge in [-0.15, -0.1) is 0 Å². The molecule has 2 nitrogen and oxygen atoms in total. The summed E-state index contributed by atoms with van der Waals surface area (Å²) in [5, 5.41) is 7.74. The maximum atomic E-state index is 7.74. The molecule has 1 N–H and O–H groups in total. The smallest absolute Gasteiger partial charge is 0.0842 e. The third-order valence-electron chi connectivity index (χ3n) is 1.07. The molecule has 0 radical (unpaired) electrons. The predicted molar refractivity (Wildman–Crippen MR) is 49.9 cm³/mol. The van der Waals surface area contributed by atoms with Crippen LogP contribution in [0.4, 0.5) is 0 Å². The summed E-state index contributed by atoms with van der Waals surface area (Å²) in [4.78, 5) is 3.80. The van der Waals surface area contributed by atoms with Gasteiger partial charge in [0.05, 0.1) is 6.61 Å². The highest BCUT2D eigenvalue weighted by Gasteiger charge is 1.87. The first-order chi connectivity index (χ1) is 5.77. The first-order valence-corrected chi connectivity index (χ1v) is 4.03. The van der Waals surface area contributed by atoms with Crippen molar-refractivity contribution in [3.8, 4) is 0 Å². The molecule has 1 aromatic carbocycles. The minimum atomic E-state index is 0.426. The molecule has 0 aliphatic heterocycles. The summed E-state index contributed by atoms with van der Waals surface area (Å²) in [5.74, 6) is 0.426. The van der Waals surface area contributed by atoms with Crippen molar-refractivity contribution in [1.29, 1.82) is 0 Å². The van der Waals surface area contributed by atoms with E-state index >= 15 is 0 Å². The van der Waals surface area contributed by atoms with Gasteiger partial charge in [-0.25, -0.2) is 4.89 Å². The van der Waals surface area contributed by atoms with E-state index in [0.29, 0.717) is 12.5 Å². The monoisotopic (exact) mass is 168 g/mol. The van der Waals surface area contributed by atoms with Gasteiger partial charge in [-0.3, -0.25) is 5.26 Å². The lowest BCUT2D eigenvalue weighted by atomic mass is 10.2. The van der Waals surface area contributed by atoms with Crippen LogP contribution in [0.3, 0.4) is 0 Å². The Hall–Kier alpha value is -0.860. The van der Waals surface area contributed by atoms with Crippen molar-refractivity contribution in [2.45, 2.75) is 13.8 Å². The van der Waals surface area contributed by atoms with Gasteiger partial charge < -0.3 is 0 Å². The van der Waals surface area contributed by atoms with Crippen LogP contribution >= 0.6 is 0 Å². The van der Waals surface area contributed by atoms with Crippen LogP contribution in [0, 0.1) is 5.92 Å². The van der Waals surface area contributed by atoms with E-state index in [9.17, 15) is 0 Å². The molecule has 0 aromatic heterocycles. The van der Waals surface area contributed by atoms with Gasteiger partial charge in [0.1, 0.15) is 0 Å². The van der Waals surface area contributed by atoms with Crippen molar-refractivity contribution < 1.29 is 10.1 Å². The summed E-state index contributed by atoms with van der Waals surface area (Å²) in [5.41, 5.74) is 0. The fourth-order valence-electron chi connectivity index (χ4n) is 0.534. The highest BCUT2D eigenvalue weighted by atomic mass is 17.1. The van der Waals surface area contributed by atoms with Gasteiger partial charge in [-0.1, -0.05) is 50.2 Å². The lowest BCUT2D eigenvalue weighted by molar-refractivity contribution is -0.248. The summed E-state index contributed by atoms with van der Waals surface area (Å²) in [7, 11) is 0. The van der Waals surface area contributed by atoms with Crippen LogP contribution in [0.25, 0.3) is 0 Å². The molecule has 0 aliphatic rings. The van der Waals surface area contributed by atoms with Gasteiger partial charge in [-0.2, -0.15) is 0 Å². The summed E-state index contributed by atoms with van der Waals surface area (Å²) in [6.45, 7) is 4.37. The second kappa shape index (κ2) is 8.24. The van der Waals surface area contributed by atoms with Crippen molar-refractivity contribution in [3.05, 3.63) is 36.4 Å². The topological polar surface area (TPSA) is 29.5 Å². The van der Waals surface area contributed by atoms with Crippen molar-refractivity contribution in [2.75, 3.05) is 6.61 Å². The Morgan fingerprint density at radius 2 is 1.33 bits per heavy atom. The number of rotatable bonds is 2. The lowest BCUT2D eigenvalue weighted by Gasteiger charge is -1.95. The van der Waals surface area contributed by atoms with Gasteiger partial charge in [0.2, 0.25) is 0 Å². The maximum Gasteiger partial charge on any atom is 0.0842 e. The second-order valence-corrected chi connectivity index (χ2v) is 2.84. The SMILES string of the molecule is CC(C)COO.c1ccccc1. The molecule has 0 fully saturated rings. The molecule has 1 rings (SSSR count). The fraction of sp³-hybridized carbons (Fsp3) is 0.400. The zero-order valence-corrected chi connectivity index (χ0v) is 7.60. The molecular weight excluding hydrogens is 152 g/mol. The van der Waals surface area contributed by atoms with Crippen LogP contribution in [-0.4, -0.2) is 11.9 Å². The van der Waals surface area contributed by atoms with Gasteiger partial charge >= 0.3 is 0 Å². The molecular formula is C10H16O2. The summed E-state index contributed by atoms with van der Waals surface area (Å²) in [6, 6.07) is 12.0. The third-order valence-corrected chi connectivity index (χ3v) is 1.07. The molecule has 0 aliphatic carbocycles. The molecule has 1 aromatic rings. The molecule has 0 heterocycles. The van der Waals surface area contributed by atoms with E-state index in [1.807, 2.05) is 50.2 Å². The Labute approximate surface area is 73.7 Å². The van der Waals surface area contributed by atoms with E-state index in [1.54, 1.807) is 0 Å². The van der Waals surface area contributed by atoms with Crippen LogP contribution in [0.2, 0.25) is 0 Å². The van der Waals surface area contributed by atoms with Gasteiger partial charge in [-0.05, 0) is 5.92 Å². The Morgan fingerprint density at radius 1 is 1.00 bits per heavy atom. The Morgan fingerprint density at radius 3 is 1.42 bits per heavy atom. The molecule has 0 amide bonds. The van der Waals surface area contributed by atoms with Crippen LogP contribution in [0.15, 0.2) is 36.4 Å². The molecule has 0 unspecified atom stereocenters. The lowest BCUT2D eigenvalue weighted by Crippen LogP contribution is -1.96.